The van der Waals surface area contributed by atoms with E-state index in [-0.39, 0.29) is 0 Å². The van der Waals surface area contributed by atoms with Gasteiger partial charge in [0.25, 0.3) is 0 Å². The monoisotopic (exact) mass is 382 g/mol. The number of rotatable bonds is 4. The van der Waals surface area contributed by atoms with Crippen LogP contribution < -0.4 is 10.6 Å². The second-order valence-electron chi connectivity index (χ2n) is 6.75. The van der Waals surface area contributed by atoms with E-state index in [2.05, 4.69) is 78.3 Å². The Labute approximate surface area is 162 Å². The molecule has 1 unspecified atom stereocenters. The molecule has 0 spiro atoms. The minimum atomic E-state index is 0.428. The number of likely N-dealkylation sites (N-methyl/N-ethyl adjacent to an activating group) is 1. The van der Waals surface area contributed by atoms with E-state index >= 15 is 0 Å². The fourth-order valence-corrected chi connectivity index (χ4v) is 4.68. The van der Waals surface area contributed by atoms with Gasteiger partial charge in [-0.2, -0.15) is 0 Å². The summed E-state index contributed by atoms with van der Waals surface area (Å²) < 4.78 is 0. The van der Waals surface area contributed by atoms with Gasteiger partial charge in [0.05, 0.1) is 17.1 Å². The van der Waals surface area contributed by atoms with E-state index in [1.165, 1.54) is 32.5 Å². The molecule has 4 rings (SSSR count). The van der Waals surface area contributed by atoms with Crippen LogP contribution in [0.3, 0.4) is 0 Å². The highest BCUT2D eigenvalue weighted by atomic mass is 32.2. The summed E-state index contributed by atoms with van der Waals surface area (Å²) in [6.45, 7) is 3.19. The number of hydrogen-bond donors (Lipinski definition) is 1. The van der Waals surface area contributed by atoms with Crippen LogP contribution in [-0.4, -0.2) is 36.6 Å². The van der Waals surface area contributed by atoms with E-state index in [4.69, 9.17) is 5.73 Å². The van der Waals surface area contributed by atoms with Crippen molar-refractivity contribution in [1.82, 2.24) is 9.88 Å². The maximum absolute atomic E-state index is 5.83. The molecule has 1 aromatic heterocycles. The third-order valence-electron chi connectivity index (χ3n) is 4.77. The number of hydrogen-bond acceptors (Lipinski definition) is 6. The summed E-state index contributed by atoms with van der Waals surface area (Å²) in [4.78, 5) is 11.7. The lowest BCUT2D eigenvalue weighted by atomic mass is 10.1. The predicted octanol–water partition coefficient (Wildman–Crippen LogP) is 4.95. The summed E-state index contributed by atoms with van der Waals surface area (Å²) >= 11 is 3.31. The minimum absolute atomic E-state index is 0.428. The summed E-state index contributed by atoms with van der Waals surface area (Å²) in [5, 5.41) is 2.63. The lowest BCUT2D eigenvalue weighted by Crippen LogP contribution is -2.37. The third-order valence-corrected chi connectivity index (χ3v) is 6.58. The molecule has 0 radical (unpaired) electrons. The van der Waals surface area contributed by atoms with Crippen LogP contribution in [0.15, 0.2) is 57.6 Å². The van der Waals surface area contributed by atoms with Crippen molar-refractivity contribution in [2.45, 2.75) is 22.8 Å². The molecule has 6 heteroatoms. The van der Waals surface area contributed by atoms with Gasteiger partial charge in [-0.05, 0) is 45.3 Å². The first-order chi connectivity index (χ1) is 12.5. The number of nitrogen functional groups attached to an aromatic ring is 1. The fourth-order valence-electron chi connectivity index (χ4n) is 3.03. The number of fused-ring (bicyclic) bond motifs is 2. The lowest BCUT2D eigenvalue weighted by molar-refractivity contribution is 0.319. The Balaban J connectivity index is 1.80. The van der Waals surface area contributed by atoms with Gasteiger partial charge in [-0.1, -0.05) is 30.0 Å². The second-order valence-corrected chi connectivity index (χ2v) is 8.72. The average molecular weight is 383 g/mol. The first-order valence-electron chi connectivity index (χ1n) is 8.59. The number of benzene rings is 2. The molecule has 0 fully saturated rings. The van der Waals surface area contributed by atoms with Crippen LogP contribution >= 0.6 is 23.1 Å². The van der Waals surface area contributed by atoms with Crippen LogP contribution in [0.5, 0.6) is 0 Å². The molecule has 0 aliphatic carbocycles. The number of aromatic nitrogens is 1. The maximum Gasteiger partial charge on any atom is 0.180 e. The molecule has 134 valence electrons. The lowest BCUT2D eigenvalue weighted by Gasteiger charge is -2.36. The number of anilines is 3. The van der Waals surface area contributed by atoms with E-state index in [1.54, 1.807) is 0 Å². The SMILES string of the molecule is CC(CN1c2ccccc2Sc2ccc(-c3csc(N)n3)cc21)N(C)C. The summed E-state index contributed by atoms with van der Waals surface area (Å²) in [6, 6.07) is 15.6. The Morgan fingerprint density at radius 2 is 1.88 bits per heavy atom. The first kappa shape index (κ1) is 17.4. The Bertz CT molecular complexity index is 935. The van der Waals surface area contributed by atoms with Gasteiger partial charge in [0.15, 0.2) is 5.13 Å². The van der Waals surface area contributed by atoms with E-state index in [0.29, 0.717) is 11.2 Å². The highest BCUT2D eigenvalue weighted by Gasteiger charge is 2.25. The van der Waals surface area contributed by atoms with Gasteiger partial charge in [-0.3, -0.25) is 0 Å². The van der Waals surface area contributed by atoms with Gasteiger partial charge in [0, 0.05) is 33.3 Å². The van der Waals surface area contributed by atoms with Crippen molar-refractivity contribution in [3.8, 4) is 11.3 Å². The number of nitrogens with two attached hydrogens (primary N) is 1. The largest absolute Gasteiger partial charge is 0.375 e. The number of para-hydroxylation sites is 1. The van der Waals surface area contributed by atoms with E-state index in [0.717, 1.165) is 17.8 Å². The van der Waals surface area contributed by atoms with Crippen LogP contribution in [0.1, 0.15) is 6.92 Å². The molecule has 0 saturated heterocycles. The first-order valence-corrected chi connectivity index (χ1v) is 10.3. The molecule has 2 heterocycles. The predicted molar refractivity (Wildman–Crippen MR) is 113 cm³/mol. The Morgan fingerprint density at radius 3 is 2.62 bits per heavy atom. The average Bonchev–Trinajstić information content (AvgIpc) is 3.07. The normalized spacial score (nSPS) is 14.2. The fraction of sp³-hybridized carbons (Fsp3) is 0.250. The zero-order valence-corrected chi connectivity index (χ0v) is 16.8. The number of nitrogens with zero attached hydrogens (tertiary/aromatic N) is 3. The third kappa shape index (κ3) is 3.20. The van der Waals surface area contributed by atoms with Gasteiger partial charge in [-0.15, -0.1) is 11.3 Å². The molecule has 0 amide bonds. The molecule has 3 aromatic rings. The highest BCUT2D eigenvalue weighted by Crippen LogP contribution is 2.49. The van der Waals surface area contributed by atoms with Crippen LogP contribution in [0.2, 0.25) is 0 Å². The molecule has 26 heavy (non-hydrogen) atoms. The summed E-state index contributed by atoms with van der Waals surface area (Å²) in [5.41, 5.74) is 10.4. The van der Waals surface area contributed by atoms with Gasteiger partial charge in [-0.25, -0.2) is 4.98 Å². The molecule has 0 saturated carbocycles. The second kappa shape index (κ2) is 6.95. The van der Waals surface area contributed by atoms with Crippen molar-refractivity contribution in [2.75, 3.05) is 31.3 Å². The standard InChI is InChI=1S/C20H22N4S2/c1-13(23(2)3)11-24-16-6-4-5-7-18(16)26-19-9-8-14(10-17(19)24)15-12-25-20(21)22-15/h4-10,12-13H,11H2,1-3H3,(H2,21,22). The van der Waals surface area contributed by atoms with Crippen molar-refractivity contribution in [3.05, 3.63) is 47.8 Å². The quantitative estimate of drug-likeness (QED) is 0.692. The van der Waals surface area contributed by atoms with Crippen molar-refractivity contribution in [1.29, 1.82) is 0 Å². The summed E-state index contributed by atoms with van der Waals surface area (Å²) in [7, 11) is 4.26. The van der Waals surface area contributed by atoms with Gasteiger partial charge in [0.1, 0.15) is 0 Å². The molecular weight excluding hydrogens is 360 g/mol. The molecule has 2 aromatic carbocycles. The van der Waals surface area contributed by atoms with Gasteiger partial charge >= 0.3 is 0 Å². The smallest absolute Gasteiger partial charge is 0.180 e. The molecule has 1 aliphatic heterocycles. The maximum atomic E-state index is 5.83. The van der Waals surface area contributed by atoms with Crippen molar-refractivity contribution < 1.29 is 0 Å². The zero-order valence-electron chi connectivity index (χ0n) is 15.1. The summed E-state index contributed by atoms with van der Waals surface area (Å²) in [5.74, 6) is 0. The van der Waals surface area contributed by atoms with Gasteiger partial charge < -0.3 is 15.5 Å². The van der Waals surface area contributed by atoms with Gasteiger partial charge in [0.2, 0.25) is 0 Å². The van der Waals surface area contributed by atoms with E-state index < -0.39 is 0 Å². The van der Waals surface area contributed by atoms with Crippen LogP contribution in [0, 0.1) is 0 Å². The molecule has 2 N–H and O–H groups in total. The van der Waals surface area contributed by atoms with Crippen LogP contribution in [0.4, 0.5) is 16.5 Å². The van der Waals surface area contributed by atoms with Crippen molar-refractivity contribution >= 4 is 39.6 Å². The van der Waals surface area contributed by atoms with Crippen molar-refractivity contribution in [2.24, 2.45) is 0 Å². The summed E-state index contributed by atoms with van der Waals surface area (Å²) in [6.07, 6.45) is 0. The van der Waals surface area contributed by atoms with Crippen molar-refractivity contribution in [3.63, 3.8) is 0 Å². The topological polar surface area (TPSA) is 45.4 Å². The molecule has 1 aliphatic rings. The molecule has 4 nitrogen and oxygen atoms in total. The Kier molecular flexibility index (Phi) is 4.65. The van der Waals surface area contributed by atoms with E-state index in [1.807, 2.05) is 17.1 Å². The molecule has 0 bridgehead atoms. The number of thiazole rings is 1. The Hall–Kier alpha value is -2.02. The highest BCUT2D eigenvalue weighted by molar-refractivity contribution is 7.99. The Morgan fingerprint density at radius 1 is 1.12 bits per heavy atom. The zero-order chi connectivity index (χ0) is 18.3. The van der Waals surface area contributed by atoms with Crippen LogP contribution in [0.25, 0.3) is 11.3 Å². The molecule has 1 atom stereocenters. The minimum Gasteiger partial charge on any atom is -0.375 e. The van der Waals surface area contributed by atoms with E-state index in [9.17, 15) is 0 Å². The van der Waals surface area contributed by atoms with Crippen LogP contribution in [-0.2, 0) is 0 Å². The molecular formula is C20H22N4S2.